The van der Waals surface area contributed by atoms with E-state index in [2.05, 4.69) is 30.5 Å². The first-order valence-corrected chi connectivity index (χ1v) is 11.1. The number of piperidine rings is 1. The van der Waals surface area contributed by atoms with E-state index in [1.807, 2.05) is 17.2 Å². The molecule has 1 saturated heterocycles. The minimum Gasteiger partial charge on any atom is -0.342 e. The highest BCUT2D eigenvalue weighted by Gasteiger charge is 2.33. The number of benzene rings is 1. The van der Waals surface area contributed by atoms with E-state index in [9.17, 15) is 13.6 Å². The van der Waals surface area contributed by atoms with Gasteiger partial charge in [0.25, 0.3) is 0 Å². The fourth-order valence-electron chi connectivity index (χ4n) is 4.81. The van der Waals surface area contributed by atoms with Crippen molar-refractivity contribution in [2.24, 2.45) is 5.92 Å². The molecule has 0 radical (unpaired) electrons. The van der Waals surface area contributed by atoms with Gasteiger partial charge in [0.2, 0.25) is 5.91 Å². The lowest BCUT2D eigenvalue weighted by atomic mass is 9.91. The number of hydrogen-bond acceptors (Lipinski definition) is 3. The second-order valence-corrected chi connectivity index (χ2v) is 8.78. The summed E-state index contributed by atoms with van der Waals surface area (Å²) >= 11 is 3.44. The van der Waals surface area contributed by atoms with Gasteiger partial charge in [-0.1, -0.05) is 12.1 Å². The molecule has 0 bridgehead atoms. The van der Waals surface area contributed by atoms with Gasteiger partial charge >= 0.3 is 6.55 Å². The van der Waals surface area contributed by atoms with Crippen LogP contribution in [0.15, 0.2) is 35.2 Å². The first-order valence-electron chi connectivity index (χ1n) is 10.3. The van der Waals surface area contributed by atoms with Crippen LogP contribution in [-0.4, -0.2) is 43.0 Å². The summed E-state index contributed by atoms with van der Waals surface area (Å²) < 4.78 is 31.5. The first-order chi connectivity index (χ1) is 14.5. The van der Waals surface area contributed by atoms with Crippen LogP contribution in [0.3, 0.4) is 0 Å². The number of imidazole rings is 2. The molecule has 9 heteroatoms. The zero-order valence-electron chi connectivity index (χ0n) is 16.3. The molecular formula is C21H22BrF2N5O. The second kappa shape index (κ2) is 7.76. The van der Waals surface area contributed by atoms with Gasteiger partial charge < -0.3 is 9.47 Å². The van der Waals surface area contributed by atoms with E-state index in [4.69, 9.17) is 0 Å². The fraction of sp³-hybridized carbons (Fsp3) is 0.476. The number of aromatic nitrogens is 4. The Hall–Kier alpha value is -2.29. The molecule has 1 aromatic carbocycles. The van der Waals surface area contributed by atoms with Gasteiger partial charge in [-0.15, -0.1) is 0 Å². The summed E-state index contributed by atoms with van der Waals surface area (Å²) in [5.41, 5.74) is 2.13. The minimum absolute atomic E-state index is 0.0386. The largest absolute Gasteiger partial charge is 0.342 e. The number of likely N-dealkylation sites (tertiary alicyclic amines) is 1. The van der Waals surface area contributed by atoms with E-state index in [0.717, 1.165) is 28.0 Å². The monoisotopic (exact) mass is 477 g/mol. The summed E-state index contributed by atoms with van der Waals surface area (Å²) in [7, 11) is 0. The van der Waals surface area contributed by atoms with Gasteiger partial charge in [0, 0.05) is 49.8 Å². The molecule has 0 N–H and O–H groups in total. The summed E-state index contributed by atoms with van der Waals surface area (Å²) in [6, 6.07) is 7.01. The molecule has 0 aliphatic carbocycles. The maximum atomic E-state index is 13.8. The molecule has 2 aromatic heterocycles. The van der Waals surface area contributed by atoms with Crippen LogP contribution in [0.2, 0.25) is 0 Å². The summed E-state index contributed by atoms with van der Waals surface area (Å²) in [4.78, 5) is 23.8. The highest BCUT2D eigenvalue weighted by atomic mass is 79.9. The van der Waals surface area contributed by atoms with Gasteiger partial charge in [0.1, 0.15) is 5.82 Å². The lowest BCUT2D eigenvalue weighted by Gasteiger charge is -2.35. The van der Waals surface area contributed by atoms with Crippen molar-refractivity contribution in [3.05, 3.63) is 46.7 Å². The van der Waals surface area contributed by atoms with Crippen molar-refractivity contribution in [1.29, 1.82) is 0 Å². The van der Waals surface area contributed by atoms with Crippen LogP contribution < -0.4 is 0 Å². The Bertz CT molecular complexity index is 1090. The van der Waals surface area contributed by atoms with Gasteiger partial charge in [0.05, 0.1) is 11.0 Å². The predicted octanol–water partition coefficient (Wildman–Crippen LogP) is 4.36. The maximum Gasteiger partial charge on any atom is 0.320 e. The third-order valence-corrected chi connectivity index (χ3v) is 7.02. The lowest BCUT2D eigenvalue weighted by molar-refractivity contribution is -0.137. The SMILES string of the molecule is O=C(C1CCn2c(cnc2Br)C1)N1CCC(c2nc3ccccc3n2C(F)F)CC1. The van der Waals surface area contributed by atoms with Crippen LogP contribution in [0.5, 0.6) is 0 Å². The number of rotatable bonds is 3. The third-order valence-electron chi connectivity index (χ3n) is 6.39. The topological polar surface area (TPSA) is 56.0 Å². The number of alkyl halides is 2. The van der Waals surface area contributed by atoms with Gasteiger partial charge in [-0.2, -0.15) is 8.78 Å². The van der Waals surface area contributed by atoms with Crippen molar-refractivity contribution >= 4 is 32.9 Å². The van der Waals surface area contributed by atoms with Crippen molar-refractivity contribution < 1.29 is 13.6 Å². The van der Waals surface area contributed by atoms with Gasteiger partial charge in [-0.3, -0.25) is 9.36 Å². The average Bonchev–Trinajstić information content (AvgIpc) is 3.34. The number of fused-ring (bicyclic) bond motifs is 2. The van der Waals surface area contributed by atoms with Crippen molar-refractivity contribution in [2.45, 2.75) is 44.7 Å². The van der Waals surface area contributed by atoms with Crippen LogP contribution in [-0.2, 0) is 17.8 Å². The van der Waals surface area contributed by atoms with Crippen LogP contribution in [0.4, 0.5) is 8.78 Å². The quantitative estimate of drug-likeness (QED) is 0.563. The molecule has 0 saturated carbocycles. The Kier molecular flexibility index (Phi) is 5.08. The maximum absolute atomic E-state index is 13.8. The van der Waals surface area contributed by atoms with Crippen LogP contribution in [0.1, 0.15) is 43.2 Å². The Labute approximate surface area is 181 Å². The molecule has 2 aliphatic rings. The van der Waals surface area contributed by atoms with E-state index in [0.29, 0.717) is 49.2 Å². The molecule has 6 nitrogen and oxygen atoms in total. The molecule has 0 spiro atoms. The van der Waals surface area contributed by atoms with Gasteiger partial charge in [0.15, 0.2) is 4.73 Å². The Balaban J connectivity index is 1.28. The molecule has 1 atom stereocenters. The van der Waals surface area contributed by atoms with Crippen LogP contribution >= 0.6 is 15.9 Å². The number of amides is 1. The number of nitrogens with zero attached hydrogens (tertiary/aromatic N) is 5. The number of carbonyl (C=O) groups is 1. The van der Waals surface area contributed by atoms with E-state index in [1.54, 1.807) is 18.2 Å². The molecule has 3 aromatic rings. The predicted molar refractivity (Wildman–Crippen MR) is 111 cm³/mol. The molecule has 5 rings (SSSR count). The molecule has 158 valence electrons. The molecule has 1 amide bonds. The smallest absolute Gasteiger partial charge is 0.320 e. The Morgan fingerprint density at radius 1 is 1.13 bits per heavy atom. The Morgan fingerprint density at radius 2 is 1.90 bits per heavy atom. The summed E-state index contributed by atoms with van der Waals surface area (Å²) in [6.07, 6.45) is 4.61. The number of para-hydroxylation sites is 2. The lowest BCUT2D eigenvalue weighted by Crippen LogP contribution is -2.43. The summed E-state index contributed by atoms with van der Waals surface area (Å²) in [6.45, 7) is -0.690. The summed E-state index contributed by atoms with van der Waals surface area (Å²) in [5, 5.41) is 0. The standard InChI is InChI=1S/C21H22BrF2N5O/c22-20-25-12-15-11-14(7-10-28(15)20)19(30)27-8-5-13(6-9-27)18-26-16-3-1-2-4-17(16)29(18)21(23)24/h1-4,12-14,21H,5-11H2. The zero-order valence-corrected chi connectivity index (χ0v) is 17.9. The van der Waals surface area contributed by atoms with E-state index < -0.39 is 6.55 Å². The van der Waals surface area contributed by atoms with Gasteiger partial charge in [-0.25, -0.2) is 9.97 Å². The number of carbonyl (C=O) groups excluding carboxylic acids is 1. The number of halogens is 3. The molecule has 2 aliphatic heterocycles. The van der Waals surface area contributed by atoms with Crippen molar-refractivity contribution in [3.63, 3.8) is 0 Å². The second-order valence-electron chi connectivity index (χ2n) is 8.07. The third kappa shape index (κ3) is 3.33. The molecule has 1 unspecified atom stereocenters. The van der Waals surface area contributed by atoms with E-state index in [-0.39, 0.29) is 17.7 Å². The zero-order chi connectivity index (χ0) is 20.8. The molecular weight excluding hydrogens is 456 g/mol. The van der Waals surface area contributed by atoms with Gasteiger partial charge in [-0.05, 0) is 47.3 Å². The fourth-order valence-corrected chi connectivity index (χ4v) is 5.31. The first kappa shape index (κ1) is 19.7. The molecule has 4 heterocycles. The highest BCUT2D eigenvalue weighted by Crippen LogP contribution is 2.34. The average molecular weight is 478 g/mol. The molecule has 1 fully saturated rings. The normalized spacial score (nSPS) is 20.1. The van der Waals surface area contributed by atoms with Crippen molar-refractivity contribution in [2.75, 3.05) is 13.1 Å². The van der Waals surface area contributed by atoms with Crippen molar-refractivity contribution in [3.8, 4) is 0 Å². The van der Waals surface area contributed by atoms with Crippen LogP contribution in [0.25, 0.3) is 11.0 Å². The summed E-state index contributed by atoms with van der Waals surface area (Å²) in [5.74, 6) is 0.492. The van der Waals surface area contributed by atoms with E-state index >= 15 is 0 Å². The van der Waals surface area contributed by atoms with Crippen LogP contribution in [0, 0.1) is 5.92 Å². The van der Waals surface area contributed by atoms with Crippen molar-refractivity contribution in [1.82, 2.24) is 24.0 Å². The van der Waals surface area contributed by atoms with E-state index in [1.165, 1.54) is 0 Å². The highest BCUT2D eigenvalue weighted by molar-refractivity contribution is 9.10. The number of hydrogen-bond donors (Lipinski definition) is 0. The minimum atomic E-state index is -2.63. The molecule has 30 heavy (non-hydrogen) atoms. The Morgan fingerprint density at radius 3 is 2.67 bits per heavy atom.